The van der Waals surface area contributed by atoms with Crippen molar-refractivity contribution in [2.45, 2.75) is 52.2 Å². The van der Waals surface area contributed by atoms with Crippen molar-refractivity contribution in [1.82, 2.24) is 8.75 Å². The predicted molar refractivity (Wildman–Crippen MR) is 206 cm³/mol. The second-order valence-electron chi connectivity index (χ2n) is 12.6. The minimum Gasteiger partial charge on any atom is -0.466 e. The number of aliphatic hydroxyl groups is 1. The van der Waals surface area contributed by atoms with E-state index in [4.69, 9.17) is 9.47 Å². The first kappa shape index (κ1) is 37.0. The fraction of sp³-hybridized carbons (Fsp3) is 0.244. The summed E-state index contributed by atoms with van der Waals surface area (Å²) in [6.45, 7) is 6.07. The van der Waals surface area contributed by atoms with Crippen LogP contribution >= 0.6 is 34.4 Å². The van der Waals surface area contributed by atoms with Crippen molar-refractivity contribution in [3.05, 3.63) is 150 Å². The number of carbonyl (C=O) groups is 3. The van der Waals surface area contributed by atoms with Crippen LogP contribution in [0, 0.1) is 19.8 Å². The van der Waals surface area contributed by atoms with Crippen LogP contribution in [0.2, 0.25) is 0 Å². The predicted octanol–water partition coefficient (Wildman–Crippen LogP) is 8.60. The Kier molecular flexibility index (Phi) is 11.9. The summed E-state index contributed by atoms with van der Waals surface area (Å²) in [6, 6.07) is 28.6. The van der Waals surface area contributed by atoms with E-state index in [1.807, 2.05) is 116 Å². The molecular weight excluding hydrogens is 713 g/mol. The number of ether oxygens (including phenoxy) is 2. The molecule has 0 saturated carbocycles. The van der Waals surface area contributed by atoms with Gasteiger partial charge in [0.1, 0.15) is 11.0 Å². The van der Waals surface area contributed by atoms with Gasteiger partial charge in [-0.25, -0.2) is 4.79 Å². The molecule has 3 aromatic heterocycles. The lowest BCUT2D eigenvalue weighted by molar-refractivity contribution is -0.186. The minimum absolute atomic E-state index is 0.0189. The van der Waals surface area contributed by atoms with Crippen molar-refractivity contribution in [3.8, 4) is 0 Å². The molecule has 11 heteroatoms. The molecule has 2 unspecified atom stereocenters. The Morgan fingerprint density at radius 3 is 2.15 bits per heavy atom. The maximum atomic E-state index is 12.9. The van der Waals surface area contributed by atoms with Crippen LogP contribution in [-0.4, -0.2) is 38.2 Å². The summed E-state index contributed by atoms with van der Waals surface area (Å²) in [5, 5.41) is 15.5. The molecule has 266 valence electrons. The van der Waals surface area contributed by atoms with Gasteiger partial charge in [-0.05, 0) is 67.8 Å². The van der Waals surface area contributed by atoms with E-state index in [1.54, 1.807) is 29.6 Å². The number of thiophene rings is 2. The van der Waals surface area contributed by atoms with Crippen molar-refractivity contribution in [2.75, 3.05) is 6.61 Å². The molecule has 0 radical (unpaired) electrons. The quantitative estimate of drug-likeness (QED) is 0.0977. The molecule has 0 spiro atoms. The zero-order valence-electron chi connectivity index (χ0n) is 29.0. The van der Waals surface area contributed by atoms with Crippen LogP contribution in [-0.2, 0) is 44.1 Å². The van der Waals surface area contributed by atoms with Gasteiger partial charge in [0.2, 0.25) is 0 Å². The molecule has 0 saturated heterocycles. The summed E-state index contributed by atoms with van der Waals surface area (Å²) in [6.07, 6.45) is 1.54. The highest BCUT2D eigenvalue weighted by atomic mass is 32.1. The average Bonchev–Trinajstić information content (AvgIpc) is 3.96. The summed E-state index contributed by atoms with van der Waals surface area (Å²) >= 11 is 4.34. The highest BCUT2D eigenvalue weighted by molar-refractivity contribution is 7.10. The molecule has 0 fully saturated rings. The molecule has 4 heterocycles. The van der Waals surface area contributed by atoms with Crippen molar-refractivity contribution >= 4 is 63.2 Å². The van der Waals surface area contributed by atoms with E-state index in [9.17, 15) is 19.5 Å². The Morgan fingerprint density at radius 2 is 1.50 bits per heavy atom. The minimum atomic E-state index is -1.79. The van der Waals surface area contributed by atoms with Gasteiger partial charge in [0.25, 0.3) is 5.79 Å². The first-order valence-electron chi connectivity index (χ1n) is 16.9. The number of carbonyl (C=O) groups excluding carboxylic acids is 3. The van der Waals surface area contributed by atoms with Gasteiger partial charge in [0, 0.05) is 51.3 Å². The Labute approximate surface area is 314 Å². The SMILES string of the molecule is CCOC(=O)C(CC(=O)c1ccc(C)cc1)Cc1cccs1.Cc1ccc(C2(O)OC(=O)C(Cc3cccs3)=C2Cc2ccc3nsnc3c2)cc1. The Balaban J connectivity index is 0.000000188. The van der Waals surface area contributed by atoms with E-state index >= 15 is 0 Å². The summed E-state index contributed by atoms with van der Waals surface area (Å²) < 4.78 is 19.3. The van der Waals surface area contributed by atoms with E-state index < -0.39 is 17.7 Å². The van der Waals surface area contributed by atoms with Gasteiger partial charge >= 0.3 is 11.9 Å². The number of aromatic nitrogens is 2. The van der Waals surface area contributed by atoms with Gasteiger partial charge in [-0.1, -0.05) is 77.9 Å². The molecule has 6 aromatic rings. The fourth-order valence-electron chi connectivity index (χ4n) is 5.98. The van der Waals surface area contributed by atoms with Crippen LogP contribution in [0.4, 0.5) is 0 Å². The molecule has 0 aliphatic carbocycles. The van der Waals surface area contributed by atoms with Crippen LogP contribution < -0.4 is 0 Å². The topological polar surface area (TPSA) is 116 Å². The lowest BCUT2D eigenvalue weighted by Gasteiger charge is -2.26. The third kappa shape index (κ3) is 8.79. The zero-order valence-corrected chi connectivity index (χ0v) is 31.5. The number of Topliss-reactive ketones (excluding diaryl/α,β-unsaturated/α-hetero) is 1. The fourth-order valence-corrected chi connectivity index (χ4v) is 8.00. The molecule has 2 atom stereocenters. The third-order valence-electron chi connectivity index (χ3n) is 8.79. The highest BCUT2D eigenvalue weighted by Gasteiger charge is 2.47. The van der Waals surface area contributed by atoms with Crippen LogP contribution in [0.15, 0.2) is 113 Å². The normalized spacial score (nSPS) is 16.0. The first-order valence-corrected chi connectivity index (χ1v) is 19.4. The van der Waals surface area contributed by atoms with Crippen LogP contribution in [0.3, 0.4) is 0 Å². The van der Waals surface area contributed by atoms with Gasteiger partial charge in [-0.15, -0.1) is 22.7 Å². The lowest BCUT2D eigenvalue weighted by atomic mass is 9.89. The van der Waals surface area contributed by atoms with E-state index in [1.165, 1.54) is 11.7 Å². The molecule has 3 aromatic carbocycles. The molecule has 7 rings (SSSR count). The van der Waals surface area contributed by atoms with Crippen LogP contribution in [0.5, 0.6) is 0 Å². The number of nitrogens with zero attached hydrogens (tertiary/aromatic N) is 2. The highest BCUT2D eigenvalue weighted by Crippen LogP contribution is 2.42. The number of benzene rings is 3. The second kappa shape index (κ2) is 16.7. The van der Waals surface area contributed by atoms with E-state index in [0.29, 0.717) is 48.1 Å². The average molecular weight is 751 g/mol. The number of hydrogen-bond donors (Lipinski definition) is 1. The molecule has 8 nitrogen and oxygen atoms in total. The summed E-state index contributed by atoms with van der Waals surface area (Å²) in [7, 11) is 0. The van der Waals surface area contributed by atoms with Crippen molar-refractivity contribution in [2.24, 2.45) is 5.92 Å². The van der Waals surface area contributed by atoms with E-state index in [-0.39, 0.29) is 18.2 Å². The number of hydrogen-bond acceptors (Lipinski definition) is 11. The second-order valence-corrected chi connectivity index (χ2v) is 15.2. The molecular formula is C41H38N2O6S3. The van der Waals surface area contributed by atoms with Gasteiger partial charge in [0.15, 0.2) is 5.78 Å². The molecule has 1 aliphatic heterocycles. The van der Waals surface area contributed by atoms with E-state index in [2.05, 4.69) is 8.75 Å². The van der Waals surface area contributed by atoms with E-state index in [0.717, 1.165) is 37.5 Å². The molecule has 1 N–H and O–H groups in total. The van der Waals surface area contributed by atoms with Crippen LogP contribution in [0.25, 0.3) is 11.0 Å². The number of fused-ring (bicyclic) bond motifs is 1. The number of cyclic esters (lactones) is 1. The van der Waals surface area contributed by atoms with Crippen molar-refractivity contribution in [3.63, 3.8) is 0 Å². The van der Waals surface area contributed by atoms with Crippen LogP contribution in [0.1, 0.15) is 55.7 Å². The number of ketones is 1. The largest absolute Gasteiger partial charge is 0.466 e. The maximum Gasteiger partial charge on any atom is 0.337 e. The van der Waals surface area contributed by atoms with Gasteiger partial charge in [-0.2, -0.15) is 8.75 Å². The number of rotatable bonds is 12. The maximum absolute atomic E-state index is 12.9. The molecule has 52 heavy (non-hydrogen) atoms. The van der Waals surface area contributed by atoms with Gasteiger partial charge in [0.05, 0.1) is 24.3 Å². The summed E-state index contributed by atoms with van der Waals surface area (Å²) in [5.74, 6) is -3.00. The summed E-state index contributed by atoms with van der Waals surface area (Å²) in [5.41, 5.74) is 7.04. The Bertz CT molecular complexity index is 2170. The monoisotopic (exact) mass is 750 g/mol. The standard InChI is InChI=1S/C23H18N2O3S2.C18H20O3S/c1-14-4-7-16(8-5-14)23(27)19(11-15-6-9-20-21(12-15)25-30-24-20)18(22(26)28-23)13-17-3-2-10-29-17;1-3-21-18(20)15(11-16-5-4-10-22-16)12-17(19)14-8-6-13(2)7-9-14/h2-10,12,27H,11,13H2,1H3;4-10,15H,3,11-12H2,1-2H3. The smallest absolute Gasteiger partial charge is 0.337 e. The lowest BCUT2D eigenvalue weighted by Crippen LogP contribution is -2.29. The summed E-state index contributed by atoms with van der Waals surface area (Å²) in [4.78, 5) is 39.5. The zero-order chi connectivity index (χ0) is 36.7. The molecule has 0 amide bonds. The van der Waals surface area contributed by atoms with Crippen molar-refractivity contribution < 1.29 is 29.0 Å². The third-order valence-corrected chi connectivity index (χ3v) is 11.1. The Morgan fingerprint density at radius 1 is 0.846 bits per heavy atom. The van der Waals surface area contributed by atoms with Gasteiger partial charge < -0.3 is 14.6 Å². The van der Waals surface area contributed by atoms with Gasteiger partial charge in [-0.3, -0.25) is 9.59 Å². The molecule has 1 aliphatic rings. The number of aryl methyl sites for hydroxylation is 2. The van der Waals surface area contributed by atoms with Crippen molar-refractivity contribution in [1.29, 1.82) is 0 Å². The molecule has 0 bridgehead atoms. The number of esters is 2. The Hall–Kier alpha value is -4.81. The first-order chi connectivity index (χ1) is 25.1.